The van der Waals surface area contributed by atoms with Gasteiger partial charge in [0.25, 0.3) is 0 Å². The molecule has 0 aliphatic carbocycles. The fourth-order valence-electron chi connectivity index (χ4n) is 2.92. The van der Waals surface area contributed by atoms with Crippen molar-refractivity contribution in [1.82, 2.24) is 0 Å². The summed E-state index contributed by atoms with van der Waals surface area (Å²) < 4.78 is 22.2. The van der Waals surface area contributed by atoms with Gasteiger partial charge < -0.3 is 18.6 Å². The lowest BCUT2D eigenvalue weighted by Crippen LogP contribution is -2.05. The van der Waals surface area contributed by atoms with Gasteiger partial charge in [0, 0.05) is 6.07 Å². The fourth-order valence-corrected chi connectivity index (χ4v) is 2.92. The summed E-state index contributed by atoms with van der Waals surface area (Å²) in [6.45, 7) is 2.87. The van der Waals surface area contributed by atoms with E-state index in [1.165, 1.54) is 31.9 Å². The second kappa shape index (κ2) is 9.83. The first-order chi connectivity index (χ1) is 13.7. The average Bonchev–Trinajstić information content (AvgIpc) is 2.73. The number of ether oxygens (including phenoxy) is 3. The Balaban J connectivity index is 1.67. The second-order valence-corrected chi connectivity index (χ2v) is 6.63. The van der Waals surface area contributed by atoms with Gasteiger partial charge in [-0.05, 0) is 42.8 Å². The maximum atomic E-state index is 12.7. The van der Waals surface area contributed by atoms with E-state index in [9.17, 15) is 4.79 Å². The number of hydrogen-bond donors (Lipinski definition) is 0. The second-order valence-electron chi connectivity index (χ2n) is 6.63. The summed E-state index contributed by atoms with van der Waals surface area (Å²) in [4.78, 5) is 12.7. The molecule has 5 nitrogen and oxygen atoms in total. The lowest BCUT2D eigenvalue weighted by molar-refractivity contribution is 0.304. The molecule has 0 atom stereocenters. The Hall–Kier alpha value is -2.95. The molecule has 5 heteroatoms. The number of hydrogen-bond acceptors (Lipinski definition) is 5. The van der Waals surface area contributed by atoms with Gasteiger partial charge in [-0.2, -0.15) is 0 Å². The molecule has 2 aromatic carbocycles. The maximum absolute atomic E-state index is 12.7. The van der Waals surface area contributed by atoms with Crippen LogP contribution in [-0.4, -0.2) is 13.7 Å². The summed E-state index contributed by atoms with van der Waals surface area (Å²) >= 11 is 0. The highest BCUT2D eigenvalue weighted by Gasteiger charge is 2.10. The molecule has 148 valence electrons. The minimum Gasteiger partial charge on any atom is -0.497 e. The molecule has 3 rings (SSSR count). The van der Waals surface area contributed by atoms with Crippen LogP contribution >= 0.6 is 0 Å². The standard InChI is InChI=1S/C23H26O5/c1-3-4-5-6-7-14-26-19-12-13-20-21(15-19)27-16-22(23(20)24)28-18-10-8-17(25-2)9-11-18/h8-13,15-16H,3-7,14H2,1-2H3. The molecule has 0 saturated heterocycles. The van der Waals surface area contributed by atoms with Crippen LogP contribution in [0.4, 0.5) is 0 Å². The zero-order valence-corrected chi connectivity index (χ0v) is 16.4. The average molecular weight is 382 g/mol. The SMILES string of the molecule is CCCCCCCOc1ccc2c(=O)c(Oc3ccc(OC)cc3)coc2c1. The lowest BCUT2D eigenvalue weighted by atomic mass is 10.2. The molecule has 0 aliphatic heterocycles. The number of rotatable bonds is 10. The van der Waals surface area contributed by atoms with Crippen molar-refractivity contribution >= 4 is 11.0 Å². The van der Waals surface area contributed by atoms with Gasteiger partial charge in [-0.3, -0.25) is 4.79 Å². The van der Waals surface area contributed by atoms with Gasteiger partial charge >= 0.3 is 0 Å². The molecular weight excluding hydrogens is 356 g/mol. The van der Waals surface area contributed by atoms with Crippen LogP contribution in [0.2, 0.25) is 0 Å². The Labute approximate surface area is 164 Å². The first-order valence-electron chi connectivity index (χ1n) is 9.71. The Kier molecular flexibility index (Phi) is 6.95. The summed E-state index contributed by atoms with van der Waals surface area (Å²) in [5.74, 6) is 2.10. The van der Waals surface area contributed by atoms with E-state index >= 15 is 0 Å². The van der Waals surface area contributed by atoms with Crippen molar-refractivity contribution < 1.29 is 18.6 Å². The summed E-state index contributed by atoms with van der Waals surface area (Å²) in [6, 6.07) is 12.3. The molecule has 0 unspecified atom stereocenters. The van der Waals surface area contributed by atoms with Crippen molar-refractivity contribution in [2.24, 2.45) is 0 Å². The molecule has 0 aliphatic rings. The van der Waals surface area contributed by atoms with Gasteiger partial charge in [0.05, 0.1) is 19.1 Å². The van der Waals surface area contributed by atoms with Crippen molar-refractivity contribution in [3.8, 4) is 23.0 Å². The van der Waals surface area contributed by atoms with Crippen LogP contribution in [-0.2, 0) is 0 Å². The fraction of sp³-hybridized carbons (Fsp3) is 0.348. The van der Waals surface area contributed by atoms with E-state index in [1.807, 2.05) is 0 Å². The summed E-state index contributed by atoms with van der Waals surface area (Å²) in [6.07, 6.45) is 7.27. The van der Waals surface area contributed by atoms with E-state index in [0.29, 0.717) is 29.1 Å². The van der Waals surface area contributed by atoms with Crippen LogP contribution < -0.4 is 19.6 Å². The topological polar surface area (TPSA) is 57.9 Å². The summed E-state index contributed by atoms with van der Waals surface area (Å²) in [7, 11) is 1.60. The van der Waals surface area contributed by atoms with Crippen LogP contribution in [0.15, 0.2) is 57.9 Å². The van der Waals surface area contributed by atoms with E-state index in [0.717, 1.165) is 12.2 Å². The summed E-state index contributed by atoms with van der Waals surface area (Å²) in [5, 5.41) is 0.460. The highest BCUT2D eigenvalue weighted by atomic mass is 16.5. The molecule has 3 aromatic rings. The molecule has 28 heavy (non-hydrogen) atoms. The molecule has 0 bridgehead atoms. The van der Waals surface area contributed by atoms with Crippen molar-refractivity contribution in [3.63, 3.8) is 0 Å². The Morgan fingerprint density at radius 1 is 0.893 bits per heavy atom. The van der Waals surface area contributed by atoms with E-state index in [-0.39, 0.29) is 11.2 Å². The quantitative estimate of drug-likeness (QED) is 0.406. The highest BCUT2D eigenvalue weighted by molar-refractivity contribution is 5.79. The van der Waals surface area contributed by atoms with Crippen molar-refractivity contribution in [1.29, 1.82) is 0 Å². The molecular formula is C23H26O5. The number of benzene rings is 2. The molecule has 0 saturated carbocycles. The predicted molar refractivity (Wildman–Crippen MR) is 110 cm³/mol. The lowest BCUT2D eigenvalue weighted by Gasteiger charge is -2.08. The predicted octanol–water partition coefficient (Wildman–Crippen LogP) is 5.94. The molecule has 0 spiro atoms. The van der Waals surface area contributed by atoms with E-state index in [1.54, 1.807) is 49.6 Å². The number of unbranched alkanes of at least 4 members (excludes halogenated alkanes) is 4. The van der Waals surface area contributed by atoms with E-state index in [2.05, 4.69) is 6.92 Å². The van der Waals surface area contributed by atoms with Crippen LogP contribution in [0.1, 0.15) is 39.0 Å². The van der Waals surface area contributed by atoms with E-state index < -0.39 is 0 Å². The molecule has 0 amide bonds. The third-order valence-corrected chi connectivity index (χ3v) is 4.52. The van der Waals surface area contributed by atoms with Gasteiger partial charge in [0.2, 0.25) is 11.2 Å². The molecule has 0 radical (unpaired) electrons. The first-order valence-corrected chi connectivity index (χ1v) is 9.71. The van der Waals surface area contributed by atoms with Crippen LogP contribution in [0, 0.1) is 0 Å². The van der Waals surface area contributed by atoms with E-state index in [4.69, 9.17) is 18.6 Å². The van der Waals surface area contributed by atoms with Crippen molar-refractivity contribution in [3.05, 3.63) is 59.0 Å². The first kappa shape index (κ1) is 19.8. The minimum atomic E-state index is -0.219. The monoisotopic (exact) mass is 382 g/mol. The Morgan fingerprint density at radius 3 is 2.36 bits per heavy atom. The third kappa shape index (κ3) is 5.06. The van der Waals surface area contributed by atoms with Crippen LogP contribution in [0.3, 0.4) is 0 Å². The largest absolute Gasteiger partial charge is 0.497 e. The summed E-state index contributed by atoms with van der Waals surface area (Å²) in [5.41, 5.74) is 0.263. The Bertz CT molecular complexity index is 943. The third-order valence-electron chi connectivity index (χ3n) is 4.52. The van der Waals surface area contributed by atoms with Gasteiger partial charge in [-0.25, -0.2) is 0 Å². The Morgan fingerprint density at radius 2 is 1.61 bits per heavy atom. The van der Waals surface area contributed by atoms with Gasteiger partial charge in [0.15, 0.2) is 0 Å². The van der Waals surface area contributed by atoms with Gasteiger partial charge in [0.1, 0.15) is 29.1 Å². The molecule has 0 fully saturated rings. The zero-order chi connectivity index (χ0) is 19.8. The zero-order valence-electron chi connectivity index (χ0n) is 16.4. The number of fused-ring (bicyclic) bond motifs is 1. The van der Waals surface area contributed by atoms with Crippen LogP contribution in [0.25, 0.3) is 11.0 Å². The van der Waals surface area contributed by atoms with Crippen LogP contribution in [0.5, 0.6) is 23.0 Å². The minimum absolute atomic E-state index is 0.141. The smallest absolute Gasteiger partial charge is 0.235 e. The maximum Gasteiger partial charge on any atom is 0.235 e. The van der Waals surface area contributed by atoms with Gasteiger partial charge in [-0.1, -0.05) is 32.6 Å². The van der Waals surface area contributed by atoms with Gasteiger partial charge in [-0.15, -0.1) is 0 Å². The highest BCUT2D eigenvalue weighted by Crippen LogP contribution is 2.25. The number of methoxy groups -OCH3 is 1. The normalized spacial score (nSPS) is 10.8. The molecule has 0 N–H and O–H groups in total. The molecule has 1 heterocycles. The van der Waals surface area contributed by atoms with Crippen molar-refractivity contribution in [2.45, 2.75) is 39.0 Å². The van der Waals surface area contributed by atoms with Crippen molar-refractivity contribution in [2.75, 3.05) is 13.7 Å². The molecule has 1 aromatic heterocycles.